The molecular formula is C28H40N4O5. The van der Waals surface area contributed by atoms with Gasteiger partial charge in [0, 0.05) is 63.3 Å². The van der Waals surface area contributed by atoms with Gasteiger partial charge in [-0.1, -0.05) is 0 Å². The van der Waals surface area contributed by atoms with Crippen molar-refractivity contribution in [1.82, 2.24) is 9.80 Å². The number of nitrogens with one attached hydrogen (secondary N) is 1. The fourth-order valence-corrected chi connectivity index (χ4v) is 5.27. The van der Waals surface area contributed by atoms with Crippen molar-refractivity contribution in [3.63, 3.8) is 0 Å². The Kier molecular flexibility index (Phi) is 8.87. The summed E-state index contributed by atoms with van der Waals surface area (Å²) in [5.74, 6) is 3.23. The lowest BCUT2D eigenvalue weighted by atomic mass is 9.97. The molecule has 37 heavy (non-hydrogen) atoms. The van der Waals surface area contributed by atoms with Gasteiger partial charge >= 0.3 is 6.03 Å². The molecule has 0 spiro atoms. The molecule has 1 unspecified atom stereocenters. The van der Waals surface area contributed by atoms with Gasteiger partial charge in [0.25, 0.3) is 0 Å². The van der Waals surface area contributed by atoms with E-state index in [0.717, 1.165) is 80.4 Å². The van der Waals surface area contributed by atoms with Crippen LogP contribution >= 0.6 is 0 Å². The molecule has 0 bridgehead atoms. The second kappa shape index (κ2) is 12.3. The Morgan fingerprint density at radius 1 is 0.946 bits per heavy atom. The zero-order valence-corrected chi connectivity index (χ0v) is 22.7. The lowest BCUT2D eigenvalue weighted by molar-refractivity contribution is 0.144. The molecule has 202 valence electrons. The largest absolute Gasteiger partial charge is 0.493 e. The van der Waals surface area contributed by atoms with Gasteiger partial charge < -0.3 is 39.0 Å². The molecule has 4 rings (SSSR count). The summed E-state index contributed by atoms with van der Waals surface area (Å²) < 4.78 is 21.7. The molecule has 2 aliphatic rings. The second-order valence-electron chi connectivity index (χ2n) is 9.76. The SMILES string of the molecule is COc1ccc(N(C)CCN2CCCC(CN3CCc4cc(OC)c(OC)cc4NC3=O)C2)cc1OC. The molecule has 2 aromatic carbocycles. The third-order valence-electron chi connectivity index (χ3n) is 7.43. The van der Waals surface area contributed by atoms with Crippen LogP contribution in [-0.2, 0) is 6.42 Å². The van der Waals surface area contributed by atoms with Crippen molar-refractivity contribution in [2.24, 2.45) is 5.92 Å². The lowest BCUT2D eigenvalue weighted by Gasteiger charge is -2.36. The number of carbonyl (C=O) groups is 1. The van der Waals surface area contributed by atoms with Crippen LogP contribution in [0.25, 0.3) is 0 Å². The van der Waals surface area contributed by atoms with E-state index in [4.69, 9.17) is 18.9 Å². The summed E-state index contributed by atoms with van der Waals surface area (Å²) >= 11 is 0. The van der Waals surface area contributed by atoms with Crippen LogP contribution in [0.15, 0.2) is 30.3 Å². The summed E-state index contributed by atoms with van der Waals surface area (Å²) in [7, 11) is 8.65. The van der Waals surface area contributed by atoms with Crippen LogP contribution in [0.4, 0.5) is 16.2 Å². The smallest absolute Gasteiger partial charge is 0.321 e. The van der Waals surface area contributed by atoms with E-state index in [-0.39, 0.29) is 6.03 Å². The average Bonchev–Trinajstić information content (AvgIpc) is 3.08. The number of piperidine rings is 1. The molecule has 1 N–H and O–H groups in total. The first-order valence-electron chi connectivity index (χ1n) is 12.9. The molecule has 1 saturated heterocycles. The highest BCUT2D eigenvalue weighted by Crippen LogP contribution is 2.35. The van der Waals surface area contributed by atoms with Crippen LogP contribution < -0.4 is 29.2 Å². The van der Waals surface area contributed by atoms with Crippen LogP contribution in [0.2, 0.25) is 0 Å². The van der Waals surface area contributed by atoms with Gasteiger partial charge in [0.1, 0.15) is 0 Å². The normalized spacial score (nSPS) is 17.9. The monoisotopic (exact) mass is 512 g/mol. The summed E-state index contributed by atoms with van der Waals surface area (Å²) in [6.45, 7) is 5.42. The molecule has 1 fully saturated rings. The van der Waals surface area contributed by atoms with Gasteiger partial charge in [-0.3, -0.25) is 0 Å². The predicted molar refractivity (Wildman–Crippen MR) is 146 cm³/mol. The minimum atomic E-state index is -0.0451. The van der Waals surface area contributed by atoms with Crippen molar-refractivity contribution in [2.75, 3.05) is 85.0 Å². The summed E-state index contributed by atoms with van der Waals surface area (Å²) in [4.78, 5) is 19.8. The molecule has 1 atom stereocenters. The third-order valence-corrected chi connectivity index (χ3v) is 7.43. The van der Waals surface area contributed by atoms with E-state index in [2.05, 4.69) is 28.2 Å². The number of methoxy groups -OCH3 is 4. The quantitative estimate of drug-likeness (QED) is 0.517. The topological polar surface area (TPSA) is 75.7 Å². The minimum Gasteiger partial charge on any atom is -0.493 e. The lowest BCUT2D eigenvalue weighted by Crippen LogP contribution is -2.45. The second-order valence-corrected chi connectivity index (χ2v) is 9.76. The number of nitrogens with zero attached hydrogens (tertiary/aromatic N) is 3. The Hall–Kier alpha value is -3.33. The summed E-state index contributed by atoms with van der Waals surface area (Å²) in [6, 6.07) is 9.79. The molecule has 2 aromatic rings. The van der Waals surface area contributed by atoms with Crippen molar-refractivity contribution < 1.29 is 23.7 Å². The fourth-order valence-electron chi connectivity index (χ4n) is 5.27. The molecular weight excluding hydrogens is 472 g/mol. The molecule has 9 heteroatoms. The first-order valence-corrected chi connectivity index (χ1v) is 12.9. The molecule has 0 aliphatic carbocycles. The molecule has 9 nitrogen and oxygen atoms in total. The van der Waals surface area contributed by atoms with Gasteiger partial charge in [0.05, 0.1) is 28.4 Å². The number of benzene rings is 2. The van der Waals surface area contributed by atoms with Crippen LogP contribution in [0.5, 0.6) is 23.0 Å². The summed E-state index contributed by atoms with van der Waals surface area (Å²) in [6.07, 6.45) is 3.07. The highest BCUT2D eigenvalue weighted by molar-refractivity contribution is 5.91. The van der Waals surface area contributed by atoms with Gasteiger partial charge in [-0.15, -0.1) is 0 Å². The van der Waals surface area contributed by atoms with Gasteiger partial charge in [-0.25, -0.2) is 4.79 Å². The van der Waals surface area contributed by atoms with Crippen LogP contribution in [0, 0.1) is 5.92 Å². The average molecular weight is 513 g/mol. The Morgan fingerprint density at radius 2 is 1.65 bits per heavy atom. The van der Waals surface area contributed by atoms with Crippen molar-refractivity contribution in [3.8, 4) is 23.0 Å². The maximum absolute atomic E-state index is 13.1. The maximum atomic E-state index is 13.1. The van der Waals surface area contributed by atoms with Crippen molar-refractivity contribution in [3.05, 3.63) is 35.9 Å². The molecule has 2 aliphatic heterocycles. The van der Waals surface area contributed by atoms with Crippen molar-refractivity contribution in [1.29, 1.82) is 0 Å². The number of fused-ring (bicyclic) bond motifs is 1. The van der Waals surface area contributed by atoms with Gasteiger partial charge in [-0.2, -0.15) is 0 Å². The van der Waals surface area contributed by atoms with Crippen LogP contribution in [0.3, 0.4) is 0 Å². The third kappa shape index (κ3) is 6.33. The van der Waals surface area contributed by atoms with Gasteiger partial charge in [0.2, 0.25) is 0 Å². The molecule has 0 aromatic heterocycles. The molecule has 0 radical (unpaired) electrons. The fraction of sp³-hybridized carbons (Fsp3) is 0.536. The van der Waals surface area contributed by atoms with E-state index in [1.165, 1.54) is 0 Å². The van der Waals surface area contributed by atoms with E-state index in [1.54, 1.807) is 28.4 Å². The Labute approximate surface area is 220 Å². The standard InChI is InChI=1S/C28H40N4O5/c1-30(22-8-9-24(34-2)26(16-22)36-4)13-14-31-11-6-7-20(18-31)19-32-12-10-21-15-25(35-3)27(37-5)17-23(21)29-28(32)33/h8-9,15-17,20H,6-7,10-14,18-19H2,1-5H3,(H,29,33). The highest BCUT2D eigenvalue weighted by Gasteiger charge is 2.27. The van der Waals surface area contributed by atoms with Gasteiger partial charge in [-0.05, 0) is 55.5 Å². The molecule has 2 heterocycles. The number of hydrogen-bond donors (Lipinski definition) is 1. The number of anilines is 2. The van der Waals surface area contributed by atoms with E-state index in [0.29, 0.717) is 24.0 Å². The number of ether oxygens (including phenoxy) is 4. The number of likely N-dealkylation sites (N-methyl/N-ethyl adjacent to an activating group) is 1. The zero-order valence-electron chi connectivity index (χ0n) is 22.7. The van der Waals surface area contributed by atoms with E-state index < -0.39 is 0 Å². The number of urea groups is 1. The number of likely N-dealkylation sites (tertiary alicyclic amines) is 1. The first-order chi connectivity index (χ1) is 17.9. The minimum absolute atomic E-state index is 0.0451. The summed E-state index contributed by atoms with van der Waals surface area (Å²) in [5.41, 5.74) is 2.96. The number of rotatable bonds is 10. The predicted octanol–water partition coefficient (Wildman–Crippen LogP) is 3.96. The van der Waals surface area contributed by atoms with E-state index >= 15 is 0 Å². The number of hydrogen-bond acceptors (Lipinski definition) is 7. The van der Waals surface area contributed by atoms with Crippen molar-refractivity contribution >= 4 is 17.4 Å². The number of carbonyl (C=O) groups excluding carboxylic acids is 1. The van der Waals surface area contributed by atoms with Crippen LogP contribution in [-0.4, -0.2) is 90.6 Å². The Balaban J connectivity index is 1.31. The molecule has 0 saturated carbocycles. The zero-order chi connectivity index (χ0) is 26.4. The Bertz CT molecular complexity index is 1080. The van der Waals surface area contributed by atoms with Crippen LogP contribution in [0.1, 0.15) is 18.4 Å². The maximum Gasteiger partial charge on any atom is 0.321 e. The highest BCUT2D eigenvalue weighted by atomic mass is 16.5. The molecule has 2 amide bonds. The number of amides is 2. The van der Waals surface area contributed by atoms with E-state index in [9.17, 15) is 4.79 Å². The Morgan fingerprint density at radius 3 is 2.38 bits per heavy atom. The van der Waals surface area contributed by atoms with Crippen molar-refractivity contribution in [2.45, 2.75) is 19.3 Å². The van der Waals surface area contributed by atoms with Gasteiger partial charge in [0.15, 0.2) is 23.0 Å². The van der Waals surface area contributed by atoms with E-state index in [1.807, 2.05) is 29.2 Å². The summed E-state index contributed by atoms with van der Waals surface area (Å²) in [5, 5.41) is 3.09. The first kappa shape index (κ1) is 26.7.